The van der Waals surface area contributed by atoms with E-state index in [0.717, 1.165) is 5.56 Å². The minimum atomic E-state index is -4.20. The van der Waals surface area contributed by atoms with Crippen molar-refractivity contribution in [3.05, 3.63) is 35.9 Å². The molecule has 1 aromatic carbocycles. The summed E-state index contributed by atoms with van der Waals surface area (Å²) >= 11 is 0. The normalized spacial score (nSPS) is 15.6. The summed E-state index contributed by atoms with van der Waals surface area (Å²) in [5.74, 6) is -0.0523. The first kappa shape index (κ1) is 14.0. The number of halogens is 3. The van der Waals surface area contributed by atoms with Gasteiger partial charge in [-0.1, -0.05) is 37.3 Å². The Labute approximate surface area is 99.0 Å². The fourth-order valence-electron chi connectivity index (χ4n) is 1.70. The van der Waals surface area contributed by atoms with Crippen LogP contribution in [0.5, 0.6) is 0 Å². The summed E-state index contributed by atoms with van der Waals surface area (Å²) in [5.41, 5.74) is 6.49. The highest BCUT2D eigenvalue weighted by atomic mass is 19.4. The Hall–Kier alpha value is -1.07. The van der Waals surface area contributed by atoms with E-state index in [2.05, 4.69) is 5.32 Å². The van der Waals surface area contributed by atoms with E-state index >= 15 is 0 Å². The number of nitrogens with two attached hydrogens (primary N) is 1. The van der Waals surface area contributed by atoms with Crippen LogP contribution < -0.4 is 11.1 Å². The second kappa shape index (κ2) is 6.02. The van der Waals surface area contributed by atoms with Crippen LogP contribution in [0.3, 0.4) is 0 Å². The highest BCUT2D eigenvalue weighted by molar-refractivity contribution is 5.20. The molecule has 3 N–H and O–H groups in total. The van der Waals surface area contributed by atoms with Gasteiger partial charge in [0.1, 0.15) is 0 Å². The van der Waals surface area contributed by atoms with Gasteiger partial charge in [0.05, 0.1) is 6.54 Å². The number of nitrogens with one attached hydrogen (secondary N) is 1. The minimum Gasteiger partial charge on any atom is -0.329 e. The molecule has 17 heavy (non-hydrogen) atoms. The number of rotatable bonds is 5. The maximum atomic E-state index is 12.1. The lowest BCUT2D eigenvalue weighted by Crippen LogP contribution is -2.44. The van der Waals surface area contributed by atoms with Gasteiger partial charge >= 0.3 is 6.18 Å². The zero-order chi connectivity index (χ0) is 12.9. The number of benzene rings is 1. The topological polar surface area (TPSA) is 38.0 Å². The van der Waals surface area contributed by atoms with Crippen molar-refractivity contribution in [1.82, 2.24) is 5.32 Å². The molecule has 0 aliphatic heterocycles. The van der Waals surface area contributed by atoms with Gasteiger partial charge in [-0.15, -0.1) is 0 Å². The summed E-state index contributed by atoms with van der Waals surface area (Å²) < 4.78 is 36.3. The van der Waals surface area contributed by atoms with Crippen LogP contribution >= 0.6 is 0 Å². The summed E-state index contributed by atoms with van der Waals surface area (Å²) in [6.07, 6.45) is -4.20. The molecule has 0 spiro atoms. The Morgan fingerprint density at radius 2 is 1.82 bits per heavy atom. The first-order valence-corrected chi connectivity index (χ1v) is 5.49. The zero-order valence-electron chi connectivity index (χ0n) is 9.67. The maximum Gasteiger partial charge on any atom is 0.401 e. The van der Waals surface area contributed by atoms with Gasteiger partial charge in [-0.25, -0.2) is 0 Å². The first-order valence-electron chi connectivity index (χ1n) is 5.49. The van der Waals surface area contributed by atoms with Crippen LogP contribution in [-0.2, 0) is 0 Å². The molecule has 0 radical (unpaired) electrons. The molecule has 0 aromatic heterocycles. The molecule has 2 nitrogen and oxygen atoms in total. The van der Waals surface area contributed by atoms with E-state index in [9.17, 15) is 13.2 Å². The van der Waals surface area contributed by atoms with Gasteiger partial charge in [0, 0.05) is 12.6 Å². The molecular formula is C12H17F3N2. The standard InChI is InChI=1S/C12H17F3N2/c1-9(10-5-3-2-4-6-10)11(7-16)17-8-12(13,14)15/h2-6,9,11,17H,7-8,16H2,1H3. The Balaban J connectivity index is 2.62. The third-order valence-electron chi connectivity index (χ3n) is 2.75. The van der Waals surface area contributed by atoms with E-state index in [1.807, 2.05) is 37.3 Å². The monoisotopic (exact) mass is 246 g/mol. The molecule has 0 heterocycles. The molecule has 0 fully saturated rings. The van der Waals surface area contributed by atoms with Crippen molar-refractivity contribution < 1.29 is 13.2 Å². The fourth-order valence-corrected chi connectivity index (χ4v) is 1.70. The molecule has 0 aliphatic rings. The molecule has 1 rings (SSSR count). The number of hydrogen-bond acceptors (Lipinski definition) is 2. The van der Waals surface area contributed by atoms with Gasteiger partial charge in [-0.3, -0.25) is 0 Å². The quantitative estimate of drug-likeness (QED) is 0.836. The second-order valence-electron chi connectivity index (χ2n) is 4.04. The van der Waals surface area contributed by atoms with E-state index in [0.29, 0.717) is 0 Å². The van der Waals surface area contributed by atoms with Crippen LogP contribution in [0, 0.1) is 0 Å². The Morgan fingerprint density at radius 1 is 1.24 bits per heavy atom. The SMILES string of the molecule is CC(c1ccccc1)C(CN)NCC(F)(F)F. The molecular weight excluding hydrogens is 229 g/mol. The summed E-state index contributed by atoms with van der Waals surface area (Å²) in [5, 5.41) is 2.46. The predicted molar refractivity (Wildman–Crippen MR) is 61.8 cm³/mol. The molecule has 2 atom stereocenters. The lowest BCUT2D eigenvalue weighted by molar-refractivity contribution is -0.126. The van der Waals surface area contributed by atoms with Gasteiger partial charge < -0.3 is 11.1 Å². The zero-order valence-corrected chi connectivity index (χ0v) is 9.67. The van der Waals surface area contributed by atoms with Gasteiger partial charge in [0.25, 0.3) is 0 Å². The molecule has 0 bridgehead atoms. The van der Waals surface area contributed by atoms with Crippen molar-refractivity contribution in [1.29, 1.82) is 0 Å². The molecule has 0 saturated heterocycles. The first-order chi connectivity index (χ1) is 7.94. The molecule has 0 saturated carbocycles. The Bertz CT molecular complexity index is 324. The van der Waals surface area contributed by atoms with Crippen molar-refractivity contribution in [3.63, 3.8) is 0 Å². The van der Waals surface area contributed by atoms with E-state index in [1.54, 1.807) is 0 Å². The third kappa shape index (κ3) is 4.75. The van der Waals surface area contributed by atoms with E-state index < -0.39 is 12.7 Å². The third-order valence-corrected chi connectivity index (χ3v) is 2.75. The van der Waals surface area contributed by atoms with Crippen molar-refractivity contribution in [2.75, 3.05) is 13.1 Å². The van der Waals surface area contributed by atoms with Gasteiger partial charge in [-0.2, -0.15) is 13.2 Å². The van der Waals surface area contributed by atoms with Crippen molar-refractivity contribution in [3.8, 4) is 0 Å². The van der Waals surface area contributed by atoms with Crippen molar-refractivity contribution in [2.45, 2.75) is 25.1 Å². The molecule has 0 amide bonds. The average molecular weight is 246 g/mol. The second-order valence-corrected chi connectivity index (χ2v) is 4.04. The van der Waals surface area contributed by atoms with E-state index in [4.69, 9.17) is 5.73 Å². The smallest absolute Gasteiger partial charge is 0.329 e. The average Bonchev–Trinajstić information content (AvgIpc) is 2.29. The lowest BCUT2D eigenvalue weighted by Gasteiger charge is -2.24. The largest absolute Gasteiger partial charge is 0.401 e. The highest BCUT2D eigenvalue weighted by Gasteiger charge is 2.29. The maximum absolute atomic E-state index is 12.1. The van der Waals surface area contributed by atoms with Crippen molar-refractivity contribution in [2.24, 2.45) is 5.73 Å². The van der Waals surface area contributed by atoms with Crippen LogP contribution in [0.2, 0.25) is 0 Å². The molecule has 2 unspecified atom stereocenters. The highest BCUT2D eigenvalue weighted by Crippen LogP contribution is 2.20. The summed E-state index contributed by atoms with van der Waals surface area (Å²) in [6.45, 7) is 1.04. The van der Waals surface area contributed by atoms with Gasteiger partial charge in [0.2, 0.25) is 0 Å². The Morgan fingerprint density at radius 3 is 2.29 bits per heavy atom. The molecule has 1 aromatic rings. The minimum absolute atomic E-state index is 0.0523. The van der Waals surface area contributed by atoms with Crippen molar-refractivity contribution >= 4 is 0 Å². The number of alkyl halides is 3. The number of hydrogen-bond donors (Lipinski definition) is 2. The summed E-state index contributed by atoms with van der Waals surface area (Å²) in [4.78, 5) is 0. The fraction of sp³-hybridized carbons (Fsp3) is 0.500. The summed E-state index contributed by atoms with van der Waals surface area (Å²) in [6, 6.07) is 9.01. The summed E-state index contributed by atoms with van der Waals surface area (Å²) in [7, 11) is 0. The molecule has 96 valence electrons. The van der Waals surface area contributed by atoms with Crippen LogP contribution in [-0.4, -0.2) is 25.3 Å². The van der Waals surface area contributed by atoms with Crippen LogP contribution in [0.15, 0.2) is 30.3 Å². The van der Waals surface area contributed by atoms with Gasteiger partial charge in [-0.05, 0) is 11.5 Å². The van der Waals surface area contributed by atoms with Gasteiger partial charge in [0.15, 0.2) is 0 Å². The molecule has 0 aliphatic carbocycles. The predicted octanol–water partition coefficient (Wildman–Crippen LogP) is 2.27. The Kier molecular flexibility index (Phi) is 4.96. The van der Waals surface area contributed by atoms with E-state index in [1.165, 1.54) is 0 Å². The van der Waals surface area contributed by atoms with Crippen LogP contribution in [0.1, 0.15) is 18.4 Å². The lowest BCUT2D eigenvalue weighted by atomic mass is 9.93. The van der Waals surface area contributed by atoms with E-state index in [-0.39, 0.29) is 18.5 Å². The molecule has 5 heteroatoms. The van der Waals surface area contributed by atoms with Crippen LogP contribution in [0.25, 0.3) is 0 Å². The van der Waals surface area contributed by atoms with Crippen LogP contribution in [0.4, 0.5) is 13.2 Å².